The van der Waals surface area contributed by atoms with Gasteiger partial charge in [-0.1, -0.05) is 30.3 Å². The highest BCUT2D eigenvalue weighted by Crippen LogP contribution is 2.32. The number of nitrogens with zero attached hydrogens (tertiary/aromatic N) is 1. The van der Waals surface area contributed by atoms with E-state index in [0.29, 0.717) is 27.9 Å². The summed E-state index contributed by atoms with van der Waals surface area (Å²) in [6.45, 7) is 0. The lowest BCUT2D eigenvalue weighted by Gasteiger charge is -2.06. The maximum Gasteiger partial charge on any atom is 0.340 e. The molecule has 4 rings (SSSR count). The summed E-state index contributed by atoms with van der Waals surface area (Å²) >= 11 is 0. The maximum absolute atomic E-state index is 12.6. The second-order valence-electron chi connectivity index (χ2n) is 5.83. The summed E-state index contributed by atoms with van der Waals surface area (Å²) in [5, 5.41) is 0.771. The van der Waals surface area contributed by atoms with Crippen LogP contribution < -0.4 is 10.4 Å². The van der Waals surface area contributed by atoms with Crippen molar-refractivity contribution in [1.82, 2.24) is 9.38 Å². The second kappa shape index (κ2) is 6.07. The number of H-pyrrole nitrogens is 1. The van der Waals surface area contributed by atoms with Crippen LogP contribution in [0.3, 0.4) is 0 Å². The molecule has 0 fully saturated rings. The van der Waals surface area contributed by atoms with Crippen molar-refractivity contribution < 1.29 is 14.3 Å². The first-order chi connectivity index (χ1) is 12.6. The highest BCUT2D eigenvalue weighted by atomic mass is 16.5. The van der Waals surface area contributed by atoms with E-state index in [2.05, 4.69) is 4.98 Å². The van der Waals surface area contributed by atoms with Gasteiger partial charge in [-0.15, -0.1) is 0 Å². The van der Waals surface area contributed by atoms with Crippen LogP contribution in [0.4, 0.5) is 0 Å². The summed E-state index contributed by atoms with van der Waals surface area (Å²) in [5.74, 6) is 0.217. The smallest absolute Gasteiger partial charge is 0.340 e. The SMILES string of the molecule is COC(=O)c1c(-c2ccc(OC)cc2)cn2c(=O)[nH]c3ccccc3c12. The molecule has 26 heavy (non-hydrogen) atoms. The number of nitrogens with one attached hydrogen (secondary N) is 1. The fourth-order valence-electron chi connectivity index (χ4n) is 3.20. The standard InChI is InChI=1S/C20H16N2O4/c1-25-13-9-7-12(8-10-13)15-11-22-18(17(15)19(23)26-2)14-5-3-4-6-16(14)21-20(22)24/h3-11H,1-2H3,(H,21,24). The van der Waals surface area contributed by atoms with Crippen molar-refractivity contribution in [1.29, 1.82) is 0 Å². The van der Waals surface area contributed by atoms with Gasteiger partial charge in [0.1, 0.15) is 5.75 Å². The van der Waals surface area contributed by atoms with E-state index in [0.717, 1.165) is 10.9 Å². The van der Waals surface area contributed by atoms with Crippen molar-refractivity contribution in [2.45, 2.75) is 0 Å². The van der Waals surface area contributed by atoms with E-state index < -0.39 is 5.97 Å². The zero-order valence-corrected chi connectivity index (χ0v) is 14.3. The minimum atomic E-state index is -0.492. The first kappa shape index (κ1) is 16.0. The fraction of sp³-hybridized carbons (Fsp3) is 0.100. The van der Waals surface area contributed by atoms with Crippen LogP contribution in [0.1, 0.15) is 10.4 Å². The van der Waals surface area contributed by atoms with Crippen LogP contribution in [0.25, 0.3) is 27.5 Å². The molecular weight excluding hydrogens is 332 g/mol. The third-order valence-electron chi connectivity index (χ3n) is 4.44. The third kappa shape index (κ3) is 2.35. The highest BCUT2D eigenvalue weighted by Gasteiger charge is 2.23. The highest BCUT2D eigenvalue weighted by molar-refractivity contribution is 6.11. The van der Waals surface area contributed by atoms with E-state index in [-0.39, 0.29) is 5.69 Å². The number of carbonyl (C=O) groups is 1. The summed E-state index contributed by atoms with van der Waals surface area (Å²) in [6, 6.07) is 14.7. The number of benzene rings is 2. The monoisotopic (exact) mass is 348 g/mol. The van der Waals surface area contributed by atoms with Gasteiger partial charge < -0.3 is 14.5 Å². The van der Waals surface area contributed by atoms with Crippen LogP contribution in [-0.2, 0) is 4.74 Å². The predicted octanol–water partition coefficient (Wildman–Crippen LogP) is 3.24. The lowest BCUT2D eigenvalue weighted by Crippen LogP contribution is -2.16. The van der Waals surface area contributed by atoms with E-state index in [1.807, 2.05) is 30.3 Å². The van der Waals surface area contributed by atoms with Gasteiger partial charge in [-0.3, -0.25) is 4.40 Å². The quantitative estimate of drug-likeness (QED) is 0.577. The summed E-state index contributed by atoms with van der Waals surface area (Å²) in [4.78, 5) is 28.0. The molecule has 4 aromatic rings. The van der Waals surface area contributed by atoms with Crippen molar-refractivity contribution in [2.24, 2.45) is 0 Å². The Balaban J connectivity index is 2.13. The Hall–Kier alpha value is -3.54. The van der Waals surface area contributed by atoms with Crippen LogP contribution in [0.15, 0.2) is 59.5 Å². The molecule has 0 unspecified atom stereocenters. The molecule has 6 heteroatoms. The van der Waals surface area contributed by atoms with Crippen LogP contribution in [0, 0.1) is 0 Å². The first-order valence-electron chi connectivity index (χ1n) is 8.03. The number of esters is 1. The van der Waals surface area contributed by atoms with Crippen molar-refractivity contribution >= 4 is 22.4 Å². The lowest BCUT2D eigenvalue weighted by molar-refractivity contribution is 0.0604. The molecule has 0 aliphatic rings. The number of hydrogen-bond donors (Lipinski definition) is 1. The van der Waals surface area contributed by atoms with Crippen molar-refractivity contribution in [2.75, 3.05) is 14.2 Å². The van der Waals surface area contributed by atoms with Gasteiger partial charge in [0, 0.05) is 17.1 Å². The number of rotatable bonds is 3. The van der Waals surface area contributed by atoms with Crippen LogP contribution in [0.5, 0.6) is 5.75 Å². The summed E-state index contributed by atoms with van der Waals surface area (Å²) in [7, 11) is 2.92. The van der Waals surface area contributed by atoms with Gasteiger partial charge in [-0.05, 0) is 23.8 Å². The molecule has 2 aromatic heterocycles. The second-order valence-corrected chi connectivity index (χ2v) is 5.83. The number of aromatic nitrogens is 2. The molecule has 0 saturated heterocycles. The number of methoxy groups -OCH3 is 2. The molecule has 1 N–H and O–H groups in total. The number of hydrogen-bond acceptors (Lipinski definition) is 4. The molecule has 6 nitrogen and oxygen atoms in total. The summed E-state index contributed by atoms with van der Waals surface area (Å²) < 4.78 is 11.6. The molecule has 0 radical (unpaired) electrons. The molecule has 2 aromatic carbocycles. The van der Waals surface area contributed by atoms with Crippen LogP contribution in [0.2, 0.25) is 0 Å². The van der Waals surface area contributed by atoms with Crippen molar-refractivity contribution in [3.05, 3.63) is 70.8 Å². The van der Waals surface area contributed by atoms with Gasteiger partial charge in [0.05, 0.1) is 30.8 Å². The summed E-state index contributed by atoms with van der Waals surface area (Å²) in [5.41, 5.74) is 2.65. The van der Waals surface area contributed by atoms with E-state index >= 15 is 0 Å². The lowest BCUT2D eigenvalue weighted by atomic mass is 10.0. The minimum Gasteiger partial charge on any atom is -0.497 e. The molecule has 0 bridgehead atoms. The molecule has 0 amide bonds. The van der Waals surface area contributed by atoms with Gasteiger partial charge in [0.25, 0.3) is 0 Å². The average Bonchev–Trinajstić information content (AvgIpc) is 3.09. The molecule has 0 aliphatic carbocycles. The van der Waals surface area contributed by atoms with E-state index in [4.69, 9.17) is 9.47 Å². The van der Waals surface area contributed by atoms with E-state index in [1.54, 1.807) is 31.5 Å². The summed E-state index contributed by atoms with van der Waals surface area (Å²) in [6.07, 6.45) is 1.66. The van der Waals surface area contributed by atoms with Gasteiger partial charge in [0.2, 0.25) is 0 Å². The van der Waals surface area contributed by atoms with Crippen molar-refractivity contribution in [3.8, 4) is 16.9 Å². The van der Waals surface area contributed by atoms with Crippen molar-refractivity contribution in [3.63, 3.8) is 0 Å². The zero-order valence-electron chi connectivity index (χ0n) is 14.3. The normalized spacial score (nSPS) is 11.0. The van der Waals surface area contributed by atoms with Crippen LogP contribution in [-0.4, -0.2) is 29.6 Å². The molecule has 2 heterocycles. The molecule has 0 atom stereocenters. The third-order valence-corrected chi connectivity index (χ3v) is 4.44. The van der Waals surface area contributed by atoms with Crippen LogP contribution >= 0.6 is 0 Å². The Kier molecular flexibility index (Phi) is 3.73. The maximum atomic E-state index is 12.6. The molecule has 0 aliphatic heterocycles. The molecule has 0 spiro atoms. The molecule has 130 valence electrons. The molecular formula is C20H16N2O4. The zero-order chi connectivity index (χ0) is 18.3. The fourth-order valence-corrected chi connectivity index (χ4v) is 3.20. The Labute approximate surface area is 148 Å². The van der Waals surface area contributed by atoms with E-state index in [9.17, 15) is 9.59 Å². The van der Waals surface area contributed by atoms with Gasteiger partial charge in [-0.2, -0.15) is 0 Å². The minimum absolute atomic E-state index is 0.316. The number of para-hydroxylation sites is 1. The largest absolute Gasteiger partial charge is 0.497 e. The number of carbonyl (C=O) groups excluding carboxylic acids is 1. The number of ether oxygens (including phenoxy) is 2. The van der Waals surface area contributed by atoms with Gasteiger partial charge in [0.15, 0.2) is 0 Å². The number of aromatic amines is 1. The Morgan fingerprint density at radius 3 is 2.46 bits per heavy atom. The predicted molar refractivity (Wildman–Crippen MR) is 98.9 cm³/mol. The van der Waals surface area contributed by atoms with Gasteiger partial charge in [-0.25, -0.2) is 9.59 Å². The number of fused-ring (bicyclic) bond motifs is 3. The Bertz CT molecular complexity index is 1190. The van der Waals surface area contributed by atoms with Gasteiger partial charge >= 0.3 is 11.7 Å². The first-order valence-corrected chi connectivity index (χ1v) is 8.03. The van der Waals surface area contributed by atoms with E-state index in [1.165, 1.54) is 11.5 Å². The Morgan fingerprint density at radius 1 is 1.04 bits per heavy atom. The topological polar surface area (TPSA) is 72.8 Å². The Morgan fingerprint density at radius 2 is 1.77 bits per heavy atom. The molecule has 0 saturated carbocycles. The average molecular weight is 348 g/mol.